The molecule has 0 spiro atoms. The number of aliphatic hydroxyl groups excluding tert-OH is 3. The number of halogens is 1. The molecule has 10 nitrogen and oxygen atoms in total. The summed E-state index contributed by atoms with van der Waals surface area (Å²) in [6.07, 6.45) is 17.8. The van der Waals surface area contributed by atoms with Crippen LogP contribution in [0.25, 0.3) is 0 Å². The maximum Gasteiger partial charge on any atom is 0.186 e. The summed E-state index contributed by atoms with van der Waals surface area (Å²) in [6.45, 7) is 13.1. The van der Waals surface area contributed by atoms with Crippen LogP contribution >= 0.6 is 0 Å². The predicted octanol–water partition coefficient (Wildman–Crippen LogP) is 2.27. The molecule has 12 heteroatoms. The van der Waals surface area contributed by atoms with E-state index in [0.717, 1.165) is 29.7 Å². The fraction of sp³-hybridized carbons (Fsp3) is 0.842. The van der Waals surface area contributed by atoms with Crippen LogP contribution in [0.15, 0.2) is 29.2 Å². The average molecular weight is 794 g/mol. The summed E-state index contributed by atoms with van der Waals surface area (Å²) in [4.78, 5) is -0.178. The molecular weight excluding hydrogens is 724 g/mol. The van der Waals surface area contributed by atoms with Gasteiger partial charge >= 0.3 is 0 Å². The molecule has 0 saturated carbocycles. The second-order valence-corrected chi connectivity index (χ2v) is 16.6. The number of rotatable bonds is 21. The van der Waals surface area contributed by atoms with Crippen LogP contribution in [0, 0.1) is 6.92 Å². The first-order chi connectivity index (χ1) is 23.4. The zero-order valence-corrected chi connectivity index (χ0v) is 33.6. The lowest BCUT2D eigenvalue weighted by molar-refractivity contribution is -1.08. The first-order valence-corrected chi connectivity index (χ1v) is 20.8. The summed E-state index contributed by atoms with van der Waals surface area (Å²) >= 11 is 0. The minimum atomic E-state index is -4.27. The Kier molecular flexibility index (Phi) is 21.1. The number of fused-ring (bicyclic) bond motifs is 3. The fourth-order valence-corrected chi connectivity index (χ4v) is 8.37. The monoisotopic (exact) mass is 792 g/mol. The average Bonchev–Trinajstić information content (AvgIpc) is 3.09. The molecule has 50 heavy (non-hydrogen) atoms. The Bertz CT molecular complexity index is 1130. The highest BCUT2D eigenvalue weighted by molar-refractivity contribution is 7.85. The van der Waals surface area contributed by atoms with Gasteiger partial charge in [-0.25, -0.2) is 8.42 Å². The van der Waals surface area contributed by atoms with Gasteiger partial charge in [0.2, 0.25) is 0 Å². The van der Waals surface area contributed by atoms with Gasteiger partial charge in [0.1, 0.15) is 80.3 Å². The molecule has 4 aliphatic heterocycles. The van der Waals surface area contributed by atoms with Crippen molar-refractivity contribution in [3.05, 3.63) is 29.8 Å². The number of piperazine rings is 3. The van der Waals surface area contributed by atoms with Crippen molar-refractivity contribution < 1.29 is 63.7 Å². The van der Waals surface area contributed by atoms with E-state index < -0.39 is 40.8 Å². The Hall–Kier alpha value is -0.670. The molecule has 3 N–H and O–H groups in total. The van der Waals surface area contributed by atoms with E-state index >= 15 is 0 Å². The molecule has 4 heterocycles. The van der Waals surface area contributed by atoms with E-state index in [-0.39, 0.29) is 21.9 Å². The molecule has 0 amide bonds. The summed E-state index contributed by atoms with van der Waals surface area (Å²) in [5.74, 6) is 0. The van der Waals surface area contributed by atoms with Crippen LogP contribution in [0.2, 0.25) is 0 Å². The number of hydrogen-bond acceptors (Lipinski definition) is 8. The Labute approximate surface area is 314 Å². The number of hydrogen-bond donors (Lipinski definition) is 3. The number of nitrogens with zero attached hydrogens (tertiary/aromatic N) is 2. The minimum absolute atomic E-state index is 0. The topological polar surface area (TPSA) is 136 Å². The first-order valence-electron chi connectivity index (χ1n) is 19.4. The van der Waals surface area contributed by atoms with Gasteiger partial charge in [-0.3, -0.25) is 0 Å². The lowest BCUT2D eigenvalue weighted by Crippen LogP contribution is -3.00. The molecule has 1 aromatic rings. The first kappa shape index (κ1) is 45.5. The van der Waals surface area contributed by atoms with E-state index in [1.807, 2.05) is 6.92 Å². The third kappa shape index (κ3) is 15.0. The summed E-state index contributed by atoms with van der Waals surface area (Å²) < 4.78 is 44.5. The third-order valence-electron chi connectivity index (χ3n) is 11.4. The Balaban J connectivity index is 0.000000615. The molecule has 2 bridgehead atoms. The van der Waals surface area contributed by atoms with E-state index in [1.165, 1.54) is 153 Å². The molecule has 292 valence electrons. The number of aryl methyl sites for hydroxylation is 1. The lowest BCUT2D eigenvalue weighted by atomic mass is 9.96. The smallest absolute Gasteiger partial charge is 0.186 e. The molecule has 0 aliphatic carbocycles. The standard InChI is InChI=1S/C31H62N2O5.C7H8O3S.BrH/c1-3-4-5-6-7-8-9-10-11-12-13-14-15-16-17-18-19-32-20-23-33(24-21-32,25-22-32)26-27-28(34)29(35)30(36)31(37-2)38-27;1-6-2-4-7(5-3-6)11(8,9)10;/h27-31,34-36H,3-26H2,1-2H3;2-5H,1H3,(H,8,9,10);1H/q+2;;/p-2/t27-,28-,29+,30-,31+,32?,33?;;/m1../s1. The van der Waals surface area contributed by atoms with Gasteiger partial charge in [-0.05, 0) is 31.9 Å². The van der Waals surface area contributed by atoms with Crippen molar-refractivity contribution in [1.82, 2.24) is 0 Å². The Morgan fingerprint density at radius 3 is 1.54 bits per heavy atom. The highest BCUT2D eigenvalue weighted by Crippen LogP contribution is 2.31. The van der Waals surface area contributed by atoms with E-state index in [9.17, 15) is 28.3 Å². The summed E-state index contributed by atoms with van der Waals surface area (Å²) in [5.41, 5.74) is 0.928. The van der Waals surface area contributed by atoms with Crippen LogP contribution in [-0.2, 0) is 19.6 Å². The van der Waals surface area contributed by atoms with Crippen LogP contribution in [0.4, 0.5) is 0 Å². The van der Waals surface area contributed by atoms with E-state index in [1.54, 1.807) is 12.1 Å². The van der Waals surface area contributed by atoms with Crippen molar-refractivity contribution in [2.75, 3.05) is 59.5 Å². The van der Waals surface area contributed by atoms with E-state index in [4.69, 9.17) is 9.47 Å². The molecular formula is C38H69BrN2O8S. The van der Waals surface area contributed by atoms with Gasteiger partial charge in [0.15, 0.2) is 6.29 Å². The van der Waals surface area contributed by atoms with Gasteiger partial charge in [0, 0.05) is 7.11 Å². The summed E-state index contributed by atoms with van der Waals surface area (Å²) in [7, 11) is -2.80. The number of ether oxygens (including phenoxy) is 2. The van der Waals surface area contributed by atoms with Crippen LogP contribution < -0.4 is 17.0 Å². The quantitative estimate of drug-likeness (QED) is 0.0981. The second-order valence-electron chi connectivity index (χ2n) is 15.3. The van der Waals surface area contributed by atoms with Crippen LogP contribution in [-0.4, -0.2) is 127 Å². The Morgan fingerprint density at radius 1 is 0.700 bits per heavy atom. The zero-order valence-electron chi connectivity index (χ0n) is 31.2. The zero-order chi connectivity index (χ0) is 35.8. The Morgan fingerprint density at radius 2 is 1.12 bits per heavy atom. The van der Waals surface area contributed by atoms with Crippen molar-refractivity contribution in [2.24, 2.45) is 0 Å². The SMILES string of the molecule is CCCCCCCCCCCCCCCCCC[N+]12CC[N+](C[C@H]3O[C@H](OC)[C@H](O)[C@@H](O)[C@@H]3O)(CC1)CC2.Cc1ccc(S(=O)(=O)[O-])cc1.[Br-]. The van der Waals surface area contributed by atoms with Crippen LogP contribution in [0.5, 0.6) is 0 Å². The van der Waals surface area contributed by atoms with Crippen molar-refractivity contribution >= 4 is 10.1 Å². The molecule has 4 fully saturated rings. The number of unbranched alkanes of at least 4 members (excludes halogenated alkanes) is 15. The second kappa shape index (κ2) is 23.2. The van der Waals surface area contributed by atoms with Crippen molar-refractivity contribution in [3.63, 3.8) is 0 Å². The fourth-order valence-electron chi connectivity index (χ4n) is 7.90. The summed E-state index contributed by atoms with van der Waals surface area (Å²) in [6, 6.07) is 5.78. The van der Waals surface area contributed by atoms with Gasteiger partial charge in [-0.2, -0.15) is 0 Å². The van der Waals surface area contributed by atoms with Gasteiger partial charge in [-0.15, -0.1) is 0 Å². The van der Waals surface area contributed by atoms with Crippen molar-refractivity contribution in [2.45, 2.75) is 152 Å². The largest absolute Gasteiger partial charge is 1.00 e. The van der Waals surface area contributed by atoms with Gasteiger partial charge in [-0.1, -0.05) is 115 Å². The molecule has 5 rings (SSSR count). The minimum Gasteiger partial charge on any atom is -1.00 e. The molecule has 1 aromatic carbocycles. The van der Waals surface area contributed by atoms with Gasteiger partial charge in [0.25, 0.3) is 0 Å². The van der Waals surface area contributed by atoms with Crippen molar-refractivity contribution in [1.29, 1.82) is 0 Å². The van der Waals surface area contributed by atoms with Gasteiger partial charge in [0.05, 0.1) is 11.4 Å². The molecule has 5 atom stereocenters. The van der Waals surface area contributed by atoms with E-state index in [0.29, 0.717) is 6.54 Å². The molecule has 0 unspecified atom stereocenters. The molecule has 0 aromatic heterocycles. The number of quaternary nitrogens is 2. The normalized spacial score (nSPS) is 29.2. The lowest BCUT2D eigenvalue weighted by Gasteiger charge is -2.57. The number of aliphatic hydroxyl groups is 3. The number of methoxy groups -OCH3 is 1. The highest BCUT2D eigenvalue weighted by atomic mass is 79.9. The highest BCUT2D eigenvalue weighted by Gasteiger charge is 2.53. The van der Waals surface area contributed by atoms with Crippen LogP contribution in [0.3, 0.4) is 0 Å². The summed E-state index contributed by atoms with van der Waals surface area (Å²) in [5, 5.41) is 30.8. The number of benzene rings is 1. The van der Waals surface area contributed by atoms with Gasteiger partial charge < -0.3 is 55.3 Å². The third-order valence-corrected chi connectivity index (χ3v) is 12.3. The predicted molar refractivity (Wildman–Crippen MR) is 192 cm³/mol. The van der Waals surface area contributed by atoms with Crippen molar-refractivity contribution in [3.8, 4) is 0 Å². The maximum atomic E-state index is 10.5. The molecule has 4 aliphatic rings. The molecule has 0 radical (unpaired) electrons. The van der Waals surface area contributed by atoms with Crippen LogP contribution in [0.1, 0.15) is 115 Å². The maximum absolute atomic E-state index is 10.5. The van der Waals surface area contributed by atoms with E-state index in [2.05, 4.69) is 6.92 Å². The molecule has 4 saturated heterocycles.